The fourth-order valence-electron chi connectivity index (χ4n) is 2.10. The molecule has 0 aromatic carbocycles. The molecule has 1 aromatic rings. The molecule has 1 N–H and O–H groups in total. The van der Waals surface area contributed by atoms with Crippen LogP contribution in [-0.2, 0) is 9.84 Å². The summed E-state index contributed by atoms with van der Waals surface area (Å²) < 4.78 is 22.8. The number of carbonyl (C=O) groups excluding carboxylic acids is 1. The maximum Gasteiger partial charge on any atom is 0.354 e. The monoisotopic (exact) mass is 298 g/mol. The number of pyridine rings is 1. The Bertz CT molecular complexity index is 638. The molecule has 8 heteroatoms. The SMILES string of the molecule is CN(C(=O)c1ccc(C(=O)O)nc1)C1CCS(=O)(=O)C1. The molecule has 2 rings (SSSR count). The average molecular weight is 298 g/mol. The van der Waals surface area contributed by atoms with E-state index in [1.54, 1.807) is 7.05 Å². The molecule has 1 aromatic heterocycles. The molecule has 0 bridgehead atoms. The molecule has 0 radical (unpaired) electrons. The molecule has 0 aliphatic carbocycles. The van der Waals surface area contributed by atoms with Crippen LogP contribution in [0.2, 0.25) is 0 Å². The molecular formula is C12H14N2O5S. The second-order valence-corrected chi connectivity index (χ2v) is 6.94. The zero-order chi connectivity index (χ0) is 14.9. The molecule has 108 valence electrons. The Kier molecular flexibility index (Phi) is 3.76. The molecular weight excluding hydrogens is 284 g/mol. The van der Waals surface area contributed by atoms with E-state index in [0.29, 0.717) is 6.42 Å². The van der Waals surface area contributed by atoms with Crippen molar-refractivity contribution in [3.8, 4) is 0 Å². The second-order valence-electron chi connectivity index (χ2n) is 4.71. The predicted molar refractivity (Wildman–Crippen MR) is 70.3 cm³/mol. The van der Waals surface area contributed by atoms with Gasteiger partial charge >= 0.3 is 5.97 Å². The molecule has 7 nitrogen and oxygen atoms in total. The standard InChI is InChI=1S/C12H14N2O5S/c1-14(9-4-5-20(18,19)7-9)11(15)8-2-3-10(12(16)17)13-6-8/h2-3,6,9H,4-5,7H2,1H3,(H,16,17). The Morgan fingerprint density at radius 3 is 2.55 bits per heavy atom. The molecule has 20 heavy (non-hydrogen) atoms. The first-order chi connectivity index (χ1) is 9.30. The van der Waals surface area contributed by atoms with Gasteiger partial charge in [-0.15, -0.1) is 0 Å². The Morgan fingerprint density at radius 1 is 1.40 bits per heavy atom. The fourth-order valence-corrected chi connectivity index (χ4v) is 3.87. The molecule has 1 atom stereocenters. The third kappa shape index (κ3) is 2.96. The van der Waals surface area contributed by atoms with E-state index >= 15 is 0 Å². The summed E-state index contributed by atoms with van der Waals surface area (Å²) in [6.45, 7) is 0. The number of rotatable bonds is 3. The van der Waals surface area contributed by atoms with Gasteiger partial charge in [-0.3, -0.25) is 4.79 Å². The minimum Gasteiger partial charge on any atom is -0.477 e. The first-order valence-electron chi connectivity index (χ1n) is 5.97. The summed E-state index contributed by atoms with van der Waals surface area (Å²) >= 11 is 0. The van der Waals surface area contributed by atoms with Crippen LogP contribution in [0.1, 0.15) is 27.3 Å². The van der Waals surface area contributed by atoms with Crippen molar-refractivity contribution >= 4 is 21.7 Å². The fraction of sp³-hybridized carbons (Fsp3) is 0.417. The minimum atomic E-state index is -3.06. The summed E-state index contributed by atoms with van der Waals surface area (Å²) in [7, 11) is -1.52. The highest BCUT2D eigenvalue weighted by atomic mass is 32.2. The molecule has 1 fully saturated rings. The van der Waals surface area contributed by atoms with Crippen LogP contribution >= 0.6 is 0 Å². The van der Waals surface area contributed by atoms with Crippen molar-refractivity contribution in [2.45, 2.75) is 12.5 Å². The number of carbonyl (C=O) groups is 2. The van der Waals surface area contributed by atoms with Crippen molar-refractivity contribution in [2.75, 3.05) is 18.6 Å². The average Bonchev–Trinajstić information content (AvgIpc) is 2.77. The number of hydrogen-bond acceptors (Lipinski definition) is 5. The van der Waals surface area contributed by atoms with Crippen LogP contribution in [-0.4, -0.2) is 59.9 Å². The Labute approximate surface area is 116 Å². The van der Waals surface area contributed by atoms with Crippen molar-refractivity contribution in [2.24, 2.45) is 0 Å². The number of carboxylic acids is 1. The van der Waals surface area contributed by atoms with Crippen molar-refractivity contribution in [1.29, 1.82) is 0 Å². The Hall–Kier alpha value is -1.96. The first kappa shape index (κ1) is 14.4. The Balaban J connectivity index is 2.13. The highest BCUT2D eigenvalue weighted by Gasteiger charge is 2.33. The van der Waals surface area contributed by atoms with Crippen molar-refractivity contribution in [1.82, 2.24) is 9.88 Å². The zero-order valence-electron chi connectivity index (χ0n) is 10.8. The number of carboxylic acid groups (broad SMARTS) is 1. The van der Waals surface area contributed by atoms with Crippen LogP contribution in [0.5, 0.6) is 0 Å². The molecule has 1 aliphatic rings. The van der Waals surface area contributed by atoms with E-state index in [9.17, 15) is 18.0 Å². The van der Waals surface area contributed by atoms with E-state index in [0.717, 1.165) is 0 Å². The van der Waals surface area contributed by atoms with Gasteiger partial charge in [-0.05, 0) is 18.6 Å². The summed E-state index contributed by atoms with van der Waals surface area (Å²) in [6.07, 6.45) is 1.61. The van der Waals surface area contributed by atoms with Crippen LogP contribution in [0, 0.1) is 0 Å². The lowest BCUT2D eigenvalue weighted by atomic mass is 10.2. The second kappa shape index (κ2) is 5.20. The lowest BCUT2D eigenvalue weighted by Gasteiger charge is -2.23. The van der Waals surface area contributed by atoms with Crippen LogP contribution in [0.4, 0.5) is 0 Å². The van der Waals surface area contributed by atoms with Crippen LogP contribution in [0.3, 0.4) is 0 Å². The van der Waals surface area contributed by atoms with Gasteiger partial charge in [-0.1, -0.05) is 0 Å². The van der Waals surface area contributed by atoms with E-state index < -0.39 is 15.8 Å². The van der Waals surface area contributed by atoms with Crippen LogP contribution in [0.25, 0.3) is 0 Å². The van der Waals surface area contributed by atoms with Gasteiger partial charge in [-0.2, -0.15) is 0 Å². The topological polar surface area (TPSA) is 105 Å². The van der Waals surface area contributed by atoms with Crippen LogP contribution < -0.4 is 0 Å². The van der Waals surface area contributed by atoms with Gasteiger partial charge in [0.15, 0.2) is 9.84 Å². The van der Waals surface area contributed by atoms with Gasteiger partial charge in [0.1, 0.15) is 5.69 Å². The summed E-state index contributed by atoms with van der Waals surface area (Å²) in [5.74, 6) is -1.47. The molecule has 1 aliphatic heterocycles. The molecule has 1 amide bonds. The maximum atomic E-state index is 12.2. The van der Waals surface area contributed by atoms with Gasteiger partial charge in [0, 0.05) is 19.3 Å². The molecule has 1 saturated heterocycles. The number of sulfone groups is 1. The first-order valence-corrected chi connectivity index (χ1v) is 7.79. The highest BCUT2D eigenvalue weighted by molar-refractivity contribution is 7.91. The van der Waals surface area contributed by atoms with E-state index in [2.05, 4.69) is 4.98 Å². The third-order valence-corrected chi connectivity index (χ3v) is 5.06. The largest absolute Gasteiger partial charge is 0.477 e. The quantitative estimate of drug-likeness (QED) is 0.844. The van der Waals surface area contributed by atoms with Crippen LogP contribution in [0.15, 0.2) is 18.3 Å². The highest BCUT2D eigenvalue weighted by Crippen LogP contribution is 2.18. The maximum absolute atomic E-state index is 12.2. The molecule has 1 unspecified atom stereocenters. The van der Waals surface area contributed by atoms with Gasteiger partial charge in [-0.25, -0.2) is 18.2 Å². The van der Waals surface area contributed by atoms with Gasteiger partial charge in [0.25, 0.3) is 5.91 Å². The normalized spacial score (nSPS) is 20.6. The number of nitrogens with zero attached hydrogens (tertiary/aromatic N) is 2. The van der Waals surface area contributed by atoms with Crippen molar-refractivity contribution in [3.63, 3.8) is 0 Å². The summed E-state index contributed by atoms with van der Waals surface area (Å²) in [6, 6.07) is 2.28. The zero-order valence-corrected chi connectivity index (χ0v) is 11.6. The number of amides is 1. The summed E-state index contributed by atoms with van der Waals surface area (Å²) in [4.78, 5) is 27.9. The van der Waals surface area contributed by atoms with Crippen molar-refractivity contribution in [3.05, 3.63) is 29.6 Å². The van der Waals surface area contributed by atoms with E-state index in [4.69, 9.17) is 5.11 Å². The smallest absolute Gasteiger partial charge is 0.354 e. The lowest BCUT2D eigenvalue weighted by Crippen LogP contribution is -2.37. The van der Waals surface area contributed by atoms with E-state index in [-0.39, 0.29) is 34.7 Å². The van der Waals surface area contributed by atoms with E-state index in [1.165, 1.54) is 23.2 Å². The lowest BCUT2D eigenvalue weighted by molar-refractivity contribution is 0.0686. The molecule has 0 spiro atoms. The van der Waals surface area contributed by atoms with Gasteiger partial charge in [0.05, 0.1) is 17.1 Å². The molecule has 2 heterocycles. The summed E-state index contributed by atoms with van der Waals surface area (Å²) in [5.41, 5.74) is 0.0921. The van der Waals surface area contributed by atoms with E-state index in [1.807, 2.05) is 0 Å². The third-order valence-electron chi connectivity index (χ3n) is 3.31. The Morgan fingerprint density at radius 2 is 2.10 bits per heavy atom. The minimum absolute atomic E-state index is 0.0319. The van der Waals surface area contributed by atoms with Crippen molar-refractivity contribution < 1.29 is 23.1 Å². The van der Waals surface area contributed by atoms with Gasteiger partial charge in [0.2, 0.25) is 0 Å². The predicted octanol–water partition coefficient (Wildman–Crippen LogP) is 0.0389. The number of hydrogen-bond donors (Lipinski definition) is 1. The molecule has 0 saturated carbocycles. The van der Waals surface area contributed by atoms with Gasteiger partial charge < -0.3 is 10.0 Å². The summed E-state index contributed by atoms with van der Waals surface area (Å²) in [5, 5.41) is 8.73. The number of aromatic nitrogens is 1. The number of aromatic carboxylic acids is 1.